The molecule has 8 rings (SSSR count). The minimum atomic E-state index is -0.952. The van der Waals surface area contributed by atoms with Crippen molar-refractivity contribution in [1.82, 2.24) is 0 Å². The Morgan fingerprint density at radius 3 is 1.50 bits per heavy atom. The van der Waals surface area contributed by atoms with Gasteiger partial charge in [0, 0.05) is 24.7 Å². The highest BCUT2D eigenvalue weighted by atomic mass is 16.5. The number of hydrogen-bond donors (Lipinski definition) is 0. The van der Waals surface area contributed by atoms with Gasteiger partial charge in [-0.25, -0.2) is 0 Å². The van der Waals surface area contributed by atoms with E-state index in [9.17, 15) is 19.2 Å². The predicted molar refractivity (Wildman–Crippen MR) is 92.3 cm³/mol. The summed E-state index contributed by atoms with van der Waals surface area (Å²) in [7, 11) is 2.80. The van der Waals surface area contributed by atoms with E-state index in [-0.39, 0.29) is 82.7 Å². The van der Waals surface area contributed by atoms with E-state index in [1.807, 2.05) is 0 Å². The van der Waals surface area contributed by atoms with Crippen LogP contribution in [0.2, 0.25) is 0 Å². The average molecular weight is 384 g/mol. The molecule has 148 valence electrons. The van der Waals surface area contributed by atoms with Crippen molar-refractivity contribution in [1.29, 1.82) is 0 Å². The molecule has 0 radical (unpaired) electrons. The molecule has 6 heteroatoms. The van der Waals surface area contributed by atoms with Crippen LogP contribution in [0.5, 0.6) is 0 Å². The molecule has 28 heavy (non-hydrogen) atoms. The summed E-state index contributed by atoms with van der Waals surface area (Å²) >= 11 is 0. The summed E-state index contributed by atoms with van der Waals surface area (Å²) in [6.45, 7) is 0. The Morgan fingerprint density at radius 2 is 1.14 bits per heavy atom. The van der Waals surface area contributed by atoms with Crippen LogP contribution in [-0.2, 0) is 28.7 Å². The van der Waals surface area contributed by atoms with Gasteiger partial charge in [0.2, 0.25) is 0 Å². The van der Waals surface area contributed by atoms with Crippen molar-refractivity contribution >= 4 is 23.5 Å². The molecule has 0 aromatic rings. The third-order valence-corrected chi connectivity index (χ3v) is 10.7. The van der Waals surface area contributed by atoms with Gasteiger partial charge in [-0.15, -0.1) is 0 Å². The van der Waals surface area contributed by atoms with E-state index in [1.165, 1.54) is 14.2 Å². The highest BCUT2D eigenvalue weighted by molar-refractivity contribution is 5.99. The molecule has 0 amide bonds. The van der Waals surface area contributed by atoms with Gasteiger partial charge in [0.25, 0.3) is 0 Å². The van der Waals surface area contributed by atoms with Gasteiger partial charge >= 0.3 is 11.9 Å². The van der Waals surface area contributed by atoms with Crippen molar-refractivity contribution in [3.8, 4) is 0 Å². The molecule has 8 aliphatic carbocycles. The van der Waals surface area contributed by atoms with Crippen LogP contribution in [0.4, 0.5) is 0 Å². The van der Waals surface area contributed by atoms with Crippen molar-refractivity contribution in [3.63, 3.8) is 0 Å². The molecule has 8 saturated carbocycles. The fraction of sp³-hybridized carbons (Fsp3) is 0.818. The van der Waals surface area contributed by atoms with E-state index in [2.05, 4.69) is 0 Å². The van der Waals surface area contributed by atoms with E-state index in [0.29, 0.717) is 12.8 Å². The summed E-state index contributed by atoms with van der Waals surface area (Å²) in [6.07, 6.45) is 2.72. The van der Waals surface area contributed by atoms with Crippen LogP contribution in [0.25, 0.3) is 0 Å². The first kappa shape index (κ1) is 16.1. The van der Waals surface area contributed by atoms with E-state index in [1.54, 1.807) is 0 Å². The maximum atomic E-state index is 13.6. The topological polar surface area (TPSA) is 86.7 Å². The Kier molecular flexibility index (Phi) is 2.53. The summed E-state index contributed by atoms with van der Waals surface area (Å²) in [6, 6.07) is 0. The van der Waals surface area contributed by atoms with Crippen LogP contribution in [0, 0.1) is 70.0 Å². The van der Waals surface area contributed by atoms with Gasteiger partial charge < -0.3 is 9.47 Å². The highest BCUT2D eigenvalue weighted by Crippen LogP contribution is 2.97. The Balaban J connectivity index is 1.55. The Bertz CT molecular complexity index is 821. The monoisotopic (exact) mass is 384 g/mol. The van der Waals surface area contributed by atoms with Crippen molar-refractivity contribution < 1.29 is 28.7 Å². The lowest BCUT2D eigenvalue weighted by Crippen LogP contribution is -2.66. The Morgan fingerprint density at radius 1 is 0.750 bits per heavy atom. The second-order valence-corrected chi connectivity index (χ2v) is 10.4. The van der Waals surface area contributed by atoms with Crippen LogP contribution in [-0.4, -0.2) is 37.7 Å². The Labute approximate surface area is 162 Å². The van der Waals surface area contributed by atoms with Crippen molar-refractivity contribution in [2.24, 2.45) is 70.0 Å². The minimum absolute atomic E-state index is 0.00102. The van der Waals surface area contributed by atoms with Crippen LogP contribution in [0.1, 0.15) is 25.7 Å². The number of rotatable bonds is 2. The molecule has 0 aromatic carbocycles. The standard InChI is InChI=1S/C22H24O6/c1-27-19(25)21-15-7-3-5-10(24)12(7)18-13(15)14-16(22(18,21)20(26)28-2)8-4-6-9(23)11(8)17(14)21/h7-8,11-18H,3-6H2,1-2H3/t7-,8-,11-,12-,13+,14+,15-,16+,17+,18-,21-,22-/m1/s1. The fourth-order valence-corrected chi connectivity index (χ4v) is 11.2. The number of ketones is 2. The first-order chi connectivity index (χ1) is 13.5. The van der Waals surface area contributed by atoms with E-state index in [0.717, 1.165) is 12.8 Å². The number of Topliss-reactive ketones (excluding diaryl/α,β-unsaturated/α-hetero) is 2. The van der Waals surface area contributed by atoms with Gasteiger partial charge in [-0.3, -0.25) is 19.2 Å². The molecule has 6 nitrogen and oxygen atoms in total. The van der Waals surface area contributed by atoms with Crippen LogP contribution >= 0.6 is 0 Å². The number of hydrogen-bond acceptors (Lipinski definition) is 6. The molecular formula is C22H24O6. The number of ether oxygens (including phenoxy) is 2. The lowest BCUT2D eigenvalue weighted by Gasteiger charge is -2.57. The van der Waals surface area contributed by atoms with Gasteiger partial charge in [0.1, 0.15) is 11.6 Å². The minimum Gasteiger partial charge on any atom is -0.469 e. The molecule has 8 aliphatic rings. The van der Waals surface area contributed by atoms with Crippen molar-refractivity contribution in [2.75, 3.05) is 14.2 Å². The molecule has 0 aromatic heterocycles. The molecule has 8 bridgehead atoms. The van der Waals surface area contributed by atoms with E-state index >= 15 is 0 Å². The molecular weight excluding hydrogens is 360 g/mol. The normalized spacial score (nSPS) is 60.6. The van der Waals surface area contributed by atoms with Crippen LogP contribution in [0.3, 0.4) is 0 Å². The summed E-state index contributed by atoms with van der Waals surface area (Å²) in [4.78, 5) is 52.8. The van der Waals surface area contributed by atoms with Gasteiger partial charge in [0.15, 0.2) is 0 Å². The zero-order chi connectivity index (χ0) is 19.3. The molecule has 8 fully saturated rings. The van der Waals surface area contributed by atoms with E-state index in [4.69, 9.17) is 9.47 Å². The number of methoxy groups -OCH3 is 2. The fourth-order valence-electron chi connectivity index (χ4n) is 11.2. The third kappa shape index (κ3) is 1.10. The van der Waals surface area contributed by atoms with Crippen molar-refractivity contribution in [3.05, 3.63) is 0 Å². The average Bonchev–Trinajstić information content (AvgIpc) is 3.49. The second-order valence-electron chi connectivity index (χ2n) is 10.4. The summed E-state index contributed by atoms with van der Waals surface area (Å²) in [5, 5.41) is 0. The first-order valence-corrected chi connectivity index (χ1v) is 10.7. The van der Waals surface area contributed by atoms with Gasteiger partial charge in [-0.05, 0) is 60.2 Å². The lowest BCUT2D eigenvalue weighted by atomic mass is 9.43. The zero-order valence-corrected chi connectivity index (χ0v) is 16.1. The SMILES string of the molecule is COC(=O)[C@]12[C@@H]3[C@H]4C(=O)CC[C@H]4[C@@H]4[C@@H]3[C@H]3[C@@H]1[C@@H]1CCC(=O)[C@@H]1[C@@H]3[C@@]42C(=O)OC. The predicted octanol–water partition coefficient (Wildman–Crippen LogP) is 1.26. The maximum absolute atomic E-state index is 13.6. The summed E-state index contributed by atoms with van der Waals surface area (Å²) in [5.41, 5.74) is -1.90. The third-order valence-electron chi connectivity index (χ3n) is 10.7. The van der Waals surface area contributed by atoms with Gasteiger partial charge in [-0.2, -0.15) is 0 Å². The first-order valence-electron chi connectivity index (χ1n) is 10.7. The van der Waals surface area contributed by atoms with Crippen LogP contribution < -0.4 is 0 Å². The summed E-state index contributed by atoms with van der Waals surface area (Å²) in [5.74, 6) is 0.253. The van der Waals surface area contributed by atoms with Crippen LogP contribution in [0.15, 0.2) is 0 Å². The maximum Gasteiger partial charge on any atom is 0.313 e. The molecule has 0 unspecified atom stereocenters. The number of carbonyl (C=O) groups is 4. The quantitative estimate of drug-likeness (QED) is 0.666. The smallest absolute Gasteiger partial charge is 0.313 e. The van der Waals surface area contributed by atoms with E-state index < -0.39 is 10.8 Å². The molecule has 0 spiro atoms. The van der Waals surface area contributed by atoms with Gasteiger partial charge in [0.05, 0.1) is 25.0 Å². The largest absolute Gasteiger partial charge is 0.469 e. The summed E-state index contributed by atoms with van der Waals surface area (Å²) < 4.78 is 10.8. The molecule has 0 heterocycles. The number of carbonyl (C=O) groups excluding carboxylic acids is 4. The number of esters is 2. The second kappa shape index (κ2) is 4.39. The lowest BCUT2D eigenvalue weighted by molar-refractivity contribution is -0.208. The Hall–Kier alpha value is -1.72. The molecule has 12 atom stereocenters. The number of fused-ring (bicyclic) bond motifs is 2. The highest BCUT2D eigenvalue weighted by Gasteiger charge is 3.01. The zero-order valence-electron chi connectivity index (χ0n) is 16.1. The van der Waals surface area contributed by atoms with Gasteiger partial charge in [-0.1, -0.05) is 0 Å². The van der Waals surface area contributed by atoms with Crippen molar-refractivity contribution in [2.45, 2.75) is 25.7 Å². The molecule has 0 saturated heterocycles. The molecule has 0 N–H and O–H groups in total. The molecule has 0 aliphatic heterocycles.